The van der Waals surface area contributed by atoms with Gasteiger partial charge in [0.15, 0.2) is 5.65 Å². The van der Waals surface area contributed by atoms with E-state index in [0.717, 1.165) is 12.1 Å². The van der Waals surface area contributed by atoms with E-state index in [1.54, 1.807) is 13.0 Å². The van der Waals surface area contributed by atoms with Crippen LogP contribution in [0.3, 0.4) is 0 Å². The molecule has 1 atom stereocenters. The lowest BCUT2D eigenvalue weighted by Crippen LogP contribution is -2.34. The highest BCUT2D eigenvalue weighted by Gasteiger charge is 2.31. The zero-order valence-corrected chi connectivity index (χ0v) is 18.8. The quantitative estimate of drug-likeness (QED) is 0.323. The Morgan fingerprint density at radius 2 is 1.94 bits per heavy atom. The lowest BCUT2D eigenvalue weighted by Gasteiger charge is -2.29. The van der Waals surface area contributed by atoms with Crippen LogP contribution in [0.1, 0.15) is 45.8 Å². The summed E-state index contributed by atoms with van der Waals surface area (Å²) in [5.74, 6) is 1.30. The van der Waals surface area contributed by atoms with Crippen molar-refractivity contribution in [2.75, 3.05) is 5.73 Å². The maximum absolute atomic E-state index is 14.5. The number of hydrogen-bond donors (Lipinski definition) is 1. The monoisotopic (exact) mass is 494 g/mol. The molecule has 0 bridgehead atoms. The predicted molar refractivity (Wildman–Crippen MR) is 124 cm³/mol. The highest BCUT2D eigenvalue weighted by molar-refractivity contribution is 5.97. The molecule has 0 aliphatic carbocycles. The predicted octanol–water partition coefficient (Wildman–Crippen LogP) is 4.54. The van der Waals surface area contributed by atoms with Gasteiger partial charge in [-0.25, -0.2) is 14.4 Å². The lowest BCUT2D eigenvalue weighted by atomic mass is 10.1. The number of pyridine rings is 4. The minimum Gasteiger partial charge on any atom is -0.383 e. The van der Waals surface area contributed by atoms with Crippen molar-refractivity contribution in [2.45, 2.75) is 25.7 Å². The third-order valence-electron chi connectivity index (χ3n) is 5.50. The molecule has 182 valence electrons. The number of nitrogens with zero attached hydrogens (tertiary/aromatic N) is 5. The Morgan fingerprint density at radius 1 is 1.17 bits per heavy atom. The van der Waals surface area contributed by atoms with Gasteiger partial charge in [-0.05, 0) is 43.3 Å². The molecule has 2 N–H and O–H groups in total. The minimum absolute atomic E-state index is 0.0180. The Balaban J connectivity index is 1.74. The van der Waals surface area contributed by atoms with Gasteiger partial charge in [0.2, 0.25) is 0 Å². The van der Waals surface area contributed by atoms with Gasteiger partial charge >= 0.3 is 6.18 Å². The van der Waals surface area contributed by atoms with Crippen LogP contribution in [-0.4, -0.2) is 30.7 Å². The summed E-state index contributed by atoms with van der Waals surface area (Å²) in [4.78, 5) is 31.1. The second kappa shape index (κ2) is 9.58. The van der Waals surface area contributed by atoms with E-state index in [1.807, 2.05) is 0 Å². The van der Waals surface area contributed by atoms with Gasteiger partial charge < -0.3 is 10.6 Å². The number of carbonyl (C=O) groups excluding carboxylic acids is 1. The number of carbonyl (C=O) groups is 1. The van der Waals surface area contributed by atoms with E-state index in [9.17, 15) is 22.4 Å². The molecule has 0 unspecified atom stereocenters. The number of rotatable bonds is 5. The molecular weight excluding hydrogens is 476 g/mol. The molecule has 4 aromatic heterocycles. The van der Waals surface area contributed by atoms with Crippen LogP contribution in [0.2, 0.25) is 0 Å². The van der Waals surface area contributed by atoms with Crippen molar-refractivity contribution in [3.8, 4) is 12.3 Å². The van der Waals surface area contributed by atoms with E-state index >= 15 is 0 Å². The first-order chi connectivity index (χ1) is 17.1. The molecule has 36 heavy (non-hydrogen) atoms. The van der Waals surface area contributed by atoms with Crippen LogP contribution >= 0.6 is 0 Å². The van der Waals surface area contributed by atoms with Crippen molar-refractivity contribution in [3.05, 3.63) is 88.9 Å². The molecule has 4 rings (SSSR count). The zero-order chi connectivity index (χ0) is 26.0. The Kier molecular flexibility index (Phi) is 6.53. The lowest BCUT2D eigenvalue weighted by molar-refractivity contribution is -0.137. The van der Waals surface area contributed by atoms with Crippen LogP contribution in [0.15, 0.2) is 55.0 Å². The minimum atomic E-state index is -4.56. The van der Waals surface area contributed by atoms with Crippen LogP contribution in [0.5, 0.6) is 0 Å². The normalized spacial score (nSPS) is 12.2. The maximum atomic E-state index is 14.5. The molecule has 0 aliphatic heterocycles. The maximum Gasteiger partial charge on any atom is 0.417 e. The number of anilines is 1. The van der Waals surface area contributed by atoms with Gasteiger partial charge in [-0.3, -0.25) is 14.8 Å². The molecule has 4 heterocycles. The largest absolute Gasteiger partial charge is 0.417 e. The average Bonchev–Trinajstić information content (AvgIpc) is 2.86. The molecule has 7 nitrogen and oxygen atoms in total. The Hall–Kier alpha value is -4.59. The van der Waals surface area contributed by atoms with Crippen molar-refractivity contribution in [2.24, 2.45) is 0 Å². The zero-order valence-electron chi connectivity index (χ0n) is 18.8. The van der Waals surface area contributed by atoms with Crippen molar-refractivity contribution in [1.82, 2.24) is 24.8 Å². The number of nitrogens with two attached hydrogens (primary N) is 1. The first-order valence-corrected chi connectivity index (χ1v) is 10.5. The molecule has 0 saturated carbocycles. The Bertz CT molecular complexity index is 1480. The van der Waals surface area contributed by atoms with E-state index in [2.05, 4.69) is 25.9 Å². The summed E-state index contributed by atoms with van der Waals surface area (Å²) >= 11 is 0. The second-order valence-electron chi connectivity index (χ2n) is 7.85. The summed E-state index contributed by atoms with van der Waals surface area (Å²) in [5, 5.41) is 0.451. The molecule has 11 heteroatoms. The van der Waals surface area contributed by atoms with Gasteiger partial charge in [0.25, 0.3) is 5.91 Å². The molecule has 0 radical (unpaired) electrons. The fraction of sp³-hybridized carbons (Fsp3) is 0.160. The van der Waals surface area contributed by atoms with Crippen molar-refractivity contribution >= 4 is 22.8 Å². The fourth-order valence-electron chi connectivity index (χ4n) is 3.57. The Morgan fingerprint density at radius 3 is 2.58 bits per heavy atom. The van der Waals surface area contributed by atoms with Crippen LogP contribution < -0.4 is 5.73 Å². The highest BCUT2D eigenvalue weighted by Crippen LogP contribution is 2.30. The van der Waals surface area contributed by atoms with Crippen LogP contribution in [0.4, 0.5) is 23.4 Å². The van der Waals surface area contributed by atoms with Gasteiger partial charge in [-0.1, -0.05) is 5.92 Å². The molecule has 0 saturated heterocycles. The summed E-state index contributed by atoms with van der Waals surface area (Å²) < 4.78 is 53.4. The fourth-order valence-corrected chi connectivity index (χ4v) is 3.57. The molecule has 0 aliphatic rings. The van der Waals surface area contributed by atoms with Gasteiger partial charge in [0.05, 0.1) is 40.7 Å². The molecule has 0 spiro atoms. The number of alkyl halides is 3. The van der Waals surface area contributed by atoms with Crippen molar-refractivity contribution < 1.29 is 22.4 Å². The first-order valence-electron chi connectivity index (χ1n) is 10.5. The first kappa shape index (κ1) is 24.5. The van der Waals surface area contributed by atoms with E-state index < -0.39 is 29.5 Å². The van der Waals surface area contributed by atoms with Crippen molar-refractivity contribution in [3.63, 3.8) is 0 Å². The summed E-state index contributed by atoms with van der Waals surface area (Å²) in [6.07, 6.45) is 4.22. The summed E-state index contributed by atoms with van der Waals surface area (Å²) in [6, 6.07) is 6.81. The molecule has 4 aromatic rings. The highest BCUT2D eigenvalue weighted by atomic mass is 19.4. The van der Waals surface area contributed by atoms with Crippen molar-refractivity contribution in [1.29, 1.82) is 0 Å². The molecule has 0 fully saturated rings. The molecule has 1 amide bonds. The number of halogens is 4. The van der Waals surface area contributed by atoms with Gasteiger partial charge in [0.1, 0.15) is 11.6 Å². The smallest absolute Gasteiger partial charge is 0.383 e. The van der Waals surface area contributed by atoms with Crippen LogP contribution in [0.25, 0.3) is 11.0 Å². The van der Waals surface area contributed by atoms with Gasteiger partial charge in [-0.2, -0.15) is 13.2 Å². The number of fused-ring (bicyclic) bond motifs is 1. The average molecular weight is 494 g/mol. The van der Waals surface area contributed by atoms with Crippen LogP contribution in [-0.2, 0) is 12.7 Å². The second-order valence-corrected chi connectivity index (χ2v) is 7.85. The van der Waals surface area contributed by atoms with Gasteiger partial charge in [-0.15, -0.1) is 6.42 Å². The summed E-state index contributed by atoms with van der Waals surface area (Å²) in [6.45, 7) is 1.34. The van der Waals surface area contributed by atoms with Gasteiger partial charge in [0, 0.05) is 24.0 Å². The topological polar surface area (TPSA) is 97.9 Å². The number of aromatic nitrogens is 4. The standard InChI is InChI=1S/C25H18F4N6O/c1-3-15-9-16-10-17(11-33-23(16)34-22(15)30)24(36)35(14(2)21-20(26)5-4-8-31-21)13-19-7-6-18(12-32-19)25(27,28)29/h1,4-12,14H,13H2,2H3,(H2,30,33,34)/t14-/m1/s1. The molecule has 0 aromatic carbocycles. The third-order valence-corrected chi connectivity index (χ3v) is 5.50. The summed E-state index contributed by atoms with van der Waals surface area (Å²) in [5.41, 5.74) is 5.72. The van der Waals surface area contributed by atoms with E-state index in [1.165, 1.54) is 35.5 Å². The Labute approximate surface area is 203 Å². The summed E-state index contributed by atoms with van der Waals surface area (Å²) in [7, 11) is 0. The number of nitrogen functional groups attached to an aromatic ring is 1. The van der Waals surface area contributed by atoms with E-state index in [-0.39, 0.29) is 35.0 Å². The number of amides is 1. The number of hydrogen-bond acceptors (Lipinski definition) is 6. The van der Waals surface area contributed by atoms with E-state index in [4.69, 9.17) is 12.2 Å². The number of terminal acetylenes is 1. The SMILES string of the molecule is C#Cc1cc2cc(C(=O)N(Cc3ccc(C(F)(F)F)cn3)[C@H](C)c3ncccc3F)cnc2nc1N. The van der Waals surface area contributed by atoms with Crippen LogP contribution in [0, 0.1) is 18.2 Å². The molecular formula is C25H18F4N6O. The van der Waals surface area contributed by atoms with E-state index in [0.29, 0.717) is 17.1 Å². The third kappa shape index (κ3) is 4.93.